The van der Waals surface area contributed by atoms with Crippen molar-refractivity contribution in [2.75, 3.05) is 39.5 Å². The lowest BCUT2D eigenvalue weighted by atomic mass is 10.1. The summed E-state index contributed by atoms with van der Waals surface area (Å²) < 4.78 is 10.7. The highest BCUT2D eigenvalue weighted by atomic mass is 35.5. The average molecular weight is 387 g/mol. The van der Waals surface area contributed by atoms with Gasteiger partial charge in [-0.25, -0.2) is 0 Å². The van der Waals surface area contributed by atoms with Crippen molar-refractivity contribution in [3.63, 3.8) is 0 Å². The number of halogens is 1. The molecule has 2 aromatic carbocycles. The highest BCUT2D eigenvalue weighted by Crippen LogP contribution is 2.32. The lowest BCUT2D eigenvalue weighted by Gasteiger charge is -2.34. The molecule has 0 saturated carbocycles. The lowest BCUT2D eigenvalue weighted by Crippen LogP contribution is -2.48. The van der Waals surface area contributed by atoms with E-state index in [1.54, 1.807) is 6.07 Å². The van der Waals surface area contributed by atoms with E-state index in [4.69, 9.17) is 21.1 Å². The number of piperazine rings is 1. The number of hydrogen-bond donors (Lipinski definition) is 0. The minimum Gasteiger partial charge on any atom is -0.454 e. The summed E-state index contributed by atoms with van der Waals surface area (Å²) in [6.07, 6.45) is 2.16. The quantitative estimate of drug-likeness (QED) is 0.789. The molecule has 142 valence electrons. The highest BCUT2D eigenvalue weighted by molar-refractivity contribution is 6.30. The monoisotopic (exact) mass is 386 g/mol. The molecule has 5 nitrogen and oxygen atoms in total. The molecule has 0 radical (unpaired) electrons. The Morgan fingerprint density at radius 1 is 0.963 bits per heavy atom. The molecule has 0 aliphatic carbocycles. The van der Waals surface area contributed by atoms with Gasteiger partial charge in [-0.05, 0) is 55.3 Å². The molecular formula is C21H23ClN2O3. The Morgan fingerprint density at radius 3 is 2.48 bits per heavy atom. The number of carbonyl (C=O) groups excluding carboxylic acids is 1. The van der Waals surface area contributed by atoms with E-state index < -0.39 is 0 Å². The number of benzene rings is 2. The van der Waals surface area contributed by atoms with Crippen LogP contribution in [0.15, 0.2) is 42.5 Å². The average Bonchev–Trinajstić information content (AvgIpc) is 3.17. The van der Waals surface area contributed by atoms with Gasteiger partial charge in [0, 0.05) is 36.8 Å². The van der Waals surface area contributed by atoms with E-state index >= 15 is 0 Å². The van der Waals surface area contributed by atoms with E-state index in [0.717, 1.165) is 50.6 Å². The number of hydrogen-bond acceptors (Lipinski definition) is 4. The largest absolute Gasteiger partial charge is 0.454 e. The summed E-state index contributed by atoms with van der Waals surface area (Å²) in [6.45, 7) is 4.62. The maximum absolute atomic E-state index is 12.7. The first-order valence-corrected chi connectivity index (χ1v) is 9.72. The third-order valence-corrected chi connectivity index (χ3v) is 5.38. The first-order valence-electron chi connectivity index (χ1n) is 9.35. The zero-order valence-corrected chi connectivity index (χ0v) is 16.0. The van der Waals surface area contributed by atoms with Gasteiger partial charge in [0.05, 0.1) is 0 Å². The zero-order chi connectivity index (χ0) is 18.6. The van der Waals surface area contributed by atoms with Gasteiger partial charge < -0.3 is 14.4 Å². The van der Waals surface area contributed by atoms with Crippen LogP contribution in [-0.4, -0.2) is 55.2 Å². The van der Waals surface area contributed by atoms with Gasteiger partial charge in [-0.1, -0.05) is 23.7 Å². The van der Waals surface area contributed by atoms with Crippen molar-refractivity contribution in [3.8, 4) is 11.5 Å². The van der Waals surface area contributed by atoms with Crippen molar-refractivity contribution in [3.05, 3.63) is 58.6 Å². The molecule has 2 aromatic rings. The molecular weight excluding hydrogens is 364 g/mol. The van der Waals surface area contributed by atoms with Gasteiger partial charge in [-0.15, -0.1) is 0 Å². The number of rotatable bonds is 5. The summed E-state index contributed by atoms with van der Waals surface area (Å²) in [5.74, 6) is 1.42. The second-order valence-electron chi connectivity index (χ2n) is 6.93. The van der Waals surface area contributed by atoms with Crippen molar-refractivity contribution in [2.24, 2.45) is 0 Å². The maximum Gasteiger partial charge on any atom is 0.254 e. The number of ether oxygens (including phenoxy) is 2. The van der Waals surface area contributed by atoms with E-state index in [9.17, 15) is 4.79 Å². The predicted molar refractivity (Wildman–Crippen MR) is 105 cm³/mol. The Hall–Kier alpha value is -2.24. The minimum atomic E-state index is 0.0640. The molecule has 4 rings (SSSR count). The number of carbonyl (C=O) groups is 1. The van der Waals surface area contributed by atoms with Crippen LogP contribution in [-0.2, 0) is 6.42 Å². The van der Waals surface area contributed by atoms with Crippen molar-refractivity contribution in [2.45, 2.75) is 12.8 Å². The summed E-state index contributed by atoms with van der Waals surface area (Å²) >= 11 is 5.93. The summed E-state index contributed by atoms with van der Waals surface area (Å²) in [4.78, 5) is 17.1. The van der Waals surface area contributed by atoms with Crippen LogP contribution in [0.25, 0.3) is 0 Å². The molecule has 27 heavy (non-hydrogen) atoms. The van der Waals surface area contributed by atoms with Crippen molar-refractivity contribution >= 4 is 17.5 Å². The Bertz CT molecular complexity index is 802. The lowest BCUT2D eigenvalue weighted by molar-refractivity contribution is 0.0635. The maximum atomic E-state index is 12.7. The highest BCUT2D eigenvalue weighted by Gasteiger charge is 2.23. The van der Waals surface area contributed by atoms with Gasteiger partial charge >= 0.3 is 0 Å². The SMILES string of the molecule is O=C(c1ccc2c(c1)OCO2)N1CCN(CCCc2ccc(Cl)cc2)CC1. The molecule has 1 amide bonds. The van der Waals surface area contributed by atoms with Crippen LogP contribution >= 0.6 is 11.6 Å². The Labute approximate surface area is 164 Å². The molecule has 1 fully saturated rings. The first-order chi connectivity index (χ1) is 13.2. The van der Waals surface area contributed by atoms with E-state index in [-0.39, 0.29) is 12.7 Å². The number of fused-ring (bicyclic) bond motifs is 1. The summed E-state index contributed by atoms with van der Waals surface area (Å²) in [6, 6.07) is 13.5. The summed E-state index contributed by atoms with van der Waals surface area (Å²) in [5, 5.41) is 0.780. The Kier molecular flexibility index (Phi) is 5.50. The van der Waals surface area contributed by atoms with Crippen LogP contribution in [0.1, 0.15) is 22.3 Å². The molecule has 0 unspecified atom stereocenters. The van der Waals surface area contributed by atoms with Crippen LogP contribution in [0.5, 0.6) is 11.5 Å². The molecule has 2 heterocycles. The minimum absolute atomic E-state index is 0.0640. The van der Waals surface area contributed by atoms with Gasteiger partial charge in [-0.2, -0.15) is 0 Å². The van der Waals surface area contributed by atoms with Gasteiger partial charge in [0.1, 0.15) is 0 Å². The van der Waals surface area contributed by atoms with E-state index in [0.29, 0.717) is 17.1 Å². The normalized spacial score (nSPS) is 16.6. The molecule has 0 atom stereocenters. The second kappa shape index (κ2) is 8.19. The van der Waals surface area contributed by atoms with Crippen LogP contribution in [0, 0.1) is 0 Å². The zero-order valence-electron chi connectivity index (χ0n) is 15.2. The molecule has 2 aliphatic heterocycles. The standard InChI is InChI=1S/C21H23ClN2O3/c22-18-6-3-16(4-7-18)2-1-9-23-10-12-24(13-11-23)21(25)17-5-8-19-20(14-17)27-15-26-19/h3-8,14H,1-2,9-13,15H2. The molecule has 2 aliphatic rings. The predicted octanol–water partition coefficient (Wildman–Crippen LogP) is 3.46. The van der Waals surface area contributed by atoms with Crippen LogP contribution in [0.3, 0.4) is 0 Å². The third-order valence-electron chi connectivity index (χ3n) is 5.13. The number of nitrogens with zero attached hydrogens (tertiary/aromatic N) is 2. The van der Waals surface area contributed by atoms with Gasteiger partial charge in [0.2, 0.25) is 6.79 Å². The Morgan fingerprint density at radius 2 is 1.70 bits per heavy atom. The van der Waals surface area contributed by atoms with E-state index in [2.05, 4.69) is 17.0 Å². The van der Waals surface area contributed by atoms with Crippen molar-refractivity contribution < 1.29 is 14.3 Å². The summed E-state index contributed by atoms with van der Waals surface area (Å²) in [5.41, 5.74) is 1.98. The third kappa shape index (κ3) is 4.37. The van der Waals surface area contributed by atoms with E-state index in [1.165, 1.54) is 5.56 Å². The number of amides is 1. The van der Waals surface area contributed by atoms with Crippen LogP contribution in [0.4, 0.5) is 0 Å². The molecule has 0 spiro atoms. The smallest absolute Gasteiger partial charge is 0.254 e. The number of aryl methyl sites for hydroxylation is 1. The van der Waals surface area contributed by atoms with Gasteiger partial charge in [-0.3, -0.25) is 9.69 Å². The molecule has 1 saturated heterocycles. The Balaban J connectivity index is 1.23. The van der Waals surface area contributed by atoms with Crippen LogP contribution in [0.2, 0.25) is 5.02 Å². The second-order valence-corrected chi connectivity index (χ2v) is 7.37. The van der Waals surface area contributed by atoms with Gasteiger partial charge in [0.25, 0.3) is 5.91 Å². The summed E-state index contributed by atoms with van der Waals surface area (Å²) in [7, 11) is 0. The molecule has 0 N–H and O–H groups in total. The molecule has 6 heteroatoms. The fraction of sp³-hybridized carbons (Fsp3) is 0.381. The van der Waals surface area contributed by atoms with Gasteiger partial charge in [0.15, 0.2) is 11.5 Å². The van der Waals surface area contributed by atoms with Crippen molar-refractivity contribution in [1.82, 2.24) is 9.80 Å². The van der Waals surface area contributed by atoms with E-state index in [1.807, 2.05) is 29.2 Å². The molecule has 0 bridgehead atoms. The van der Waals surface area contributed by atoms with Crippen LogP contribution < -0.4 is 9.47 Å². The topological polar surface area (TPSA) is 42.0 Å². The van der Waals surface area contributed by atoms with Crippen molar-refractivity contribution in [1.29, 1.82) is 0 Å². The fourth-order valence-electron chi connectivity index (χ4n) is 3.54. The molecule has 0 aromatic heterocycles. The fourth-order valence-corrected chi connectivity index (χ4v) is 3.67. The first kappa shape index (κ1) is 18.1.